The van der Waals surface area contributed by atoms with Gasteiger partial charge in [-0.05, 0) is 50.9 Å². The van der Waals surface area contributed by atoms with Gasteiger partial charge in [-0.15, -0.1) is 0 Å². The van der Waals surface area contributed by atoms with Crippen molar-refractivity contribution in [2.45, 2.75) is 45.8 Å². The minimum atomic E-state index is -0.503. The summed E-state index contributed by atoms with van der Waals surface area (Å²) in [5.41, 5.74) is 2.00. The number of hydrogen-bond acceptors (Lipinski definition) is 4. The molecule has 0 radical (unpaired) electrons. The zero-order valence-electron chi connectivity index (χ0n) is 15.3. The lowest BCUT2D eigenvalue weighted by atomic mass is 9.77. The van der Waals surface area contributed by atoms with Crippen molar-refractivity contribution in [3.05, 3.63) is 35.4 Å². The monoisotopic (exact) mass is 341 g/mol. The van der Waals surface area contributed by atoms with Crippen molar-refractivity contribution < 1.29 is 14.1 Å². The molecule has 25 heavy (non-hydrogen) atoms. The summed E-state index contributed by atoms with van der Waals surface area (Å²) >= 11 is 0. The Balaban J connectivity index is 1.92. The van der Waals surface area contributed by atoms with Crippen LogP contribution in [0.25, 0.3) is 17.0 Å². The highest BCUT2D eigenvalue weighted by atomic mass is 16.7. The quantitative estimate of drug-likeness (QED) is 0.839. The molecule has 1 aliphatic heterocycles. The molecule has 132 valence electrons. The van der Waals surface area contributed by atoms with Crippen molar-refractivity contribution in [2.24, 2.45) is 0 Å². The zero-order chi connectivity index (χ0) is 18.2. The number of aromatic nitrogens is 2. The SMILES string of the molecule is CC(=O)NCC(=Cc1ccc2[nH]ncc2c1)B1OC(C)(C)C(C)(C)O1. The topological polar surface area (TPSA) is 76.2 Å². The third kappa shape index (κ3) is 3.62. The molecule has 2 heterocycles. The average molecular weight is 341 g/mol. The Morgan fingerprint density at radius 1 is 1.28 bits per heavy atom. The molecule has 0 bridgehead atoms. The van der Waals surface area contributed by atoms with E-state index in [1.54, 1.807) is 6.20 Å². The fourth-order valence-corrected chi connectivity index (χ4v) is 2.69. The van der Waals surface area contributed by atoms with E-state index in [2.05, 4.69) is 15.5 Å². The molecular weight excluding hydrogens is 317 g/mol. The Hall–Kier alpha value is -2.12. The number of carbonyl (C=O) groups excluding carboxylic acids is 1. The van der Waals surface area contributed by atoms with Crippen LogP contribution in [-0.2, 0) is 14.1 Å². The van der Waals surface area contributed by atoms with E-state index in [0.717, 1.165) is 21.9 Å². The third-order valence-electron chi connectivity index (χ3n) is 4.91. The van der Waals surface area contributed by atoms with E-state index in [-0.39, 0.29) is 5.91 Å². The molecule has 1 aromatic carbocycles. The third-order valence-corrected chi connectivity index (χ3v) is 4.91. The van der Waals surface area contributed by atoms with Gasteiger partial charge in [0.1, 0.15) is 0 Å². The zero-order valence-corrected chi connectivity index (χ0v) is 15.3. The lowest BCUT2D eigenvalue weighted by Gasteiger charge is -2.32. The molecular formula is C18H24BN3O3. The first-order chi connectivity index (χ1) is 11.7. The number of nitrogens with one attached hydrogen (secondary N) is 2. The van der Waals surface area contributed by atoms with Crippen LogP contribution in [0.2, 0.25) is 0 Å². The summed E-state index contributed by atoms with van der Waals surface area (Å²) in [5, 5.41) is 10.9. The highest BCUT2D eigenvalue weighted by molar-refractivity contribution is 6.56. The maximum Gasteiger partial charge on any atom is 0.492 e. The maximum absolute atomic E-state index is 11.4. The fraction of sp³-hybridized carbons (Fsp3) is 0.444. The molecule has 0 saturated carbocycles. The number of H-pyrrole nitrogens is 1. The lowest BCUT2D eigenvalue weighted by Crippen LogP contribution is -2.41. The first-order valence-electron chi connectivity index (χ1n) is 8.42. The summed E-state index contributed by atoms with van der Waals surface area (Å²) in [6.07, 6.45) is 3.79. The number of hydrogen-bond donors (Lipinski definition) is 2. The van der Waals surface area contributed by atoms with Crippen molar-refractivity contribution >= 4 is 30.0 Å². The minimum Gasteiger partial charge on any atom is -0.400 e. The summed E-state index contributed by atoms with van der Waals surface area (Å²) in [4.78, 5) is 11.4. The van der Waals surface area contributed by atoms with Crippen LogP contribution >= 0.6 is 0 Å². The van der Waals surface area contributed by atoms with Gasteiger partial charge in [0.2, 0.25) is 5.91 Å². The van der Waals surface area contributed by atoms with Crippen LogP contribution < -0.4 is 5.32 Å². The molecule has 0 atom stereocenters. The smallest absolute Gasteiger partial charge is 0.400 e. The lowest BCUT2D eigenvalue weighted by molar-refractivity contribution is -0.118. The first-order valence-corrected chi connectivity index (χ1v) is 8.42. The van der Waals surface area contributed by atoms with Crippen LogP contribution in [0, 0.1) is 0 Å². The van der Waals surface area contributed by atoms with Crippen molar-refractivity contribution in [2.75, 3.05) is 6.54 Å². The number of fused-ring (bicyclic) bond motifs is 1. The molecule has 3 rings (SSSR count). The van der Waals surface area contributed by atoms with Crippen molar-refractivity contribution in [3.63, 3.8) is 0 Å². The molecule has 6 nitrogen and oxygen atoms in total. The van der Waals surface area contributed by atoms with Gasteiger partial charge >= 0.3 is 7.12 Å². The Bertz CT molecular complexity index is 810. The van der Waals surface area contributed by atoms with E-state index in [1.807, 2.05) is 52.0 Å². The molecule has 2 aromatic rings. The summed E-state index contributed by atoms with van der Waals surface area (Å²) in [7, 11) is -0.503. The van der Waals surface area contributed by atoms with Gasteiger partial charge in [-0.1, -0.05) is 12.1 Å². The van der Waals surface area contributed by atoms with E-state index >= 15 is 0 Å². The second-order valence-electron chi connectivity index (χ2n) is 7.43. The summed E-state index contributed by atoms with van der Waals surface area (Å²) in [5.74, 6) is -0.0901. The molecule has 0 aliphatic carbocycles. The summed E-state index contributed by atoms with van der Waals surface area (Å²) in [6.45, 7) is 9.93. The molecule has 0 unspecified atom stereocenters. The van der Waals surface area contributed by atoms with Crippen molar-refractivity contribution in [1.29, 1.82) is 0 Å². The number of aromatic amines is 1. The molecule has 0 spiro atoms. The van der Waals surface area contributed by atoms with Gasteiger partial charge in [0.05, 0.1) is 22.9 Å². The van der Waals surface area contributed by atoms with E-state index in [0.29, 0.717) is 6.54 Å². The van der Waals surface area contributed by atoms with Gasteiger partial charge in [0.15, 0.2) is 0 Å². The Kier molecular flexibility index (Phi) is 4.47. The van der Waals surface area contributed by atoms with E-state index in [1.165, 1.54) is 6.92 Å². The first kappa shape index (κ1) is 17.7. The number of rotatable bonds is 4. The van der Waals surface area contributed by atoms with Crippen molar-refractivity contribution in [1.82, 2.24) is 15.5 Å². The molecule has 1 aliphatic rings. The van der Waals surface area contributed by atoms with Gasteiger partial charge in [0.25, 0.3) is 0 Å². The molecule has 1 amide bonds. The molecule has 1 aromatic heterocycles. The van der Waals surface area contributed by atoms with E-state index in [9.17, 15) is 4.79 Å². The van der Waals surface area contributed by atoms with Crippen LogP contribution in [0.15, 0.2) is 29.9 Å². The van der Waals surface area contributed by atoms with Gasteiger partial charge in [0, 0.05) is 18.9 Å². The summed E-state index contributed by atoms with van der Waals surface area (Å²) in [6, 6.07) is 6.02. The normalized spacial score (nSPS) is 19.4. The Labute approximate surface area is 148 Å². The number of amides is 1. The highest BCUT2D eigenvalue weighted by Gasteiger charge is 2.52. The number of benzene rings is 1. The Morgan fingerprint density at radius 3 is 2.60 bits per heavy atom. The minimum absolute atomic E-state index is 0.0901. The predicted molar refractivity (Wildman–Crippen MR) is 98.8 cm³/mol. The van der Waals surface area contributed by atoms with Gasteiger partial charge < -0.3 is 14.6 Å². The van der Waals surface area contributed by atoms with Gasteiger partial charge in [-0.2, -0.15) is 5.10 Å². The molecule has 1 saturated heterocycles. The number of carbonyl (C=O) groups is 1. The van der Waals surface area contributed by atoms with E-state index < -0.39 is 18.3 Å². The van der Waals surface area contributed by atoms with E-state index in [4.69, 9.17) is 9.31 Å². The predicted octanol–water partition coefficient (Wildman–Crippen LogP) is 2.71. The number of nitrogens with zero attached hydrogens (tertiary/aromatic N) is 1. The maximum atomic E-state index is 11.4. The standard InChI is InChI=1S/C18H24BN3O3/c1-12(23)20-11-15(19-24-17(2,3)18(4,5)25-19)9-13-6-7-16-14(8-13)10-21-22-16/h6-10H,11H2,1-5H3,(H,20,23)(H,21,22). The summed E-state index contributed by atoms with van der Waals surface area (Å²) < 4.78 is 12.3. The molecule has 1 fully saturated rings. The molecule has 7 heteroatoms. The van der Waals surface area contributed by atoms with Gasteiger partial charge in [-0.25, -0.2) is 0 Å². The van der Waals surface area contributed by atoms with Crippen LogP contribution in [0.4, 0.5) is 0 Å². The van der Waals surface area contributed by atoms with Crippen LogP contribution in [-0.4, -0.2) is 41.0 Å². The van der Waals surface area contributed by atoms with Gasteiger partial charge in [-0.3, -0.25) is 9.89 Å². The Morgan fingerprint density at radius 2 is 1.96 bits per heavy atom. The molecule has 2 N–H and O–H groups in total. The second-order valence-corrected chi connectivity index (χ2v) is 7.43. The van der Waals surface area contributed by atoms with Crippen molar-refractivity contribution in [3.8, 4) is 0 Å². The second kappa shape index (κ2) is 6.31. The fourth-order valence-electron chi connectivity index (χ4n) is 2.69. The average Bonchev–Trinajstić information content (AvgIpc) is 3.05. The van der Waals surface area contributed by atoms with Crippen LogP contribution in [0.1, 0.15) is 40.2 Å². The van der Waals surface area contributed by atoms with Crippen LogP contribution in [0.3, 0.4) is 0 Å². The highest BCUT2D eigenvalue weighted by Crippen LogP contribution is 2.38. The largest absolute Gasteiger partial charge is 0.492 e. The van der Waals surface area contributed by atoms with Crippen LogP contribution in [0.5, 0.6) is 0 Å².